The van der Waals surface area contributed by atoms with Crippen LogP contribution in [0.4, 0.5) is 4.39 Å². The first-order valence-corrected chi connectivity index (χ1v) is 9.20. The fourth-order valence-corrected chi connectivity index (χ4v) is 3.79. The number of hydrogen-bond donors (Lipinski definition) is 0. The summed E-state index contributed by atoms with van der Waals surface area (Å²) in [6.45, 7) is 8.90. The highest BCUT2D eigenvalue weighted by molar-refractivity contribution is 7.99. The molecule has 2 aliphatic rings. The van der Waals surface area contributed by atoms with Crippen LogP contribution >= 0.6 is 11.8 Å². The third-order valence-corrected chi connectivity index (χ3v) is 5.59. The fraction of sp³-hybridized carbons (Fsp3) is 0.611. The van der Waals surface area contributed by atoms with E-state index in [0.717, 1.165) is 48.5 Å². The molecule has 5 heteroatoms. The fourth-order valence-electron chi connectivity index (χ4n) is 3.34. The zero-order chi connectivity index (χ0) is 16.5. The first-order chi connectivity index (χ1) is 10.9. The van der Waals surface area contributed by atoms with E-state index < -0.39 is 6.01 Å². The molecule has 0 radical (unpaired) electrons. The number of alkyl halides is 1. The van der Waals surface area contributed by atoms with Gasteiger partial charge >= 0.3 is 0 Å². The molecule has 0 saturated carbocycles. The van der Waals surface area contributed by atoms with Crippen molar-refractivity contribution in [1.82, 2.24) is 4.90 Å². The lowest BCUT2D eigenvalue weighted by Crippen LogP contribution is -2.51. The molecule has 0 amide bonds. The minimum atomic E-state index is -0.392. The minimum Gasteiger partial charge on any atom is -0.388 e. The Morgan fingerprint density at radius 1 is 1.22 bits per heavy atom. The monoisotopic (exact) mass is 336 g/mol. The molecular formula is C18H25FN2OS. The Hall–Kier alpha value is -1.07. The third kappa shape index (κ3) is 3.72. The number of oxime groups is 1. The molecule has 1 fully saturated rings. The quantitative estimate of drug-likeness (QED) is 0.762. The second kappa shape index (κ2) is 6.44. The second-order valence-electron chi connectivity index (χ2n) is 7.42. The number of piperidine rings is 1. The van der Waals surface area contributed by atoms with Crippen molar-refractivity contribution in [3.63, 3.8) is 0 Å². The molecule has 2 heterocycles. The van der Waals surface area contributed by atoms with Crippen molar-refractivity contribution in [3.8, 4) is 0 Å². The van der Waals surface area contributed by atoms with E-state index in [1.54, 1.807) is 0 Å². The van der Waals surface area contributed by atoms with Crippen LogP contribution in [0.25, 0.3) is 0 Å². The molecule has 0 bridgehead atoms. The van der Waals surface area contributed by atoms with Gasteiger partial charge in [-0.25, -0.2) is 4.39 Å². The Bertz CT molecular complexity index is 572. The van der Waals surface area contributed by atoms with Crippen LogP contribution in [-0.2, 0) is 4.84 Å². The van der Waals surface area contributed by atoms with Gasteiger partial charge in [0.15, 0.2) is 0 Å². The maximum absolute atomic E-state index is 12.3. The number of hydrogen-bond acceptors (Lipinski definition) is 4. The average Bonchev–Trinajstić information content (AvgIpc) is 2.92. The minimum absolute atomic E-state index is 0.122. The molecule has 1 spiro atoms. The van der Waals surface area contributed by atoms with Gasteiger partial charge in [0, 0.05) is 42.8 Å². The van der Waals surface area contributed by atoms with Crippen molar-refractivity contribution in [3.05, 3.63) is 29.8 Å². The van der Waals surface area contributed by atoms with Gasteiger partial charge in [0.05, 0.1) is 5.71 Å². The van der Waals surface area contributed by atoms with Gasteiger partial charge in [-0.05, 0) is 38.5 Å². The molecular weight excluding hydrogens is 311 g/mol. The number of nitrogens with zero attached hydrogens (tertiary/aromatic N) is 2. The summed E-state index contributed by atoms with van der Waals surface area (Å²) in [6.07, 6.45) is 2.92. The van der Waals surface area contributed by atoms with Crippen molar-refractivity contribution in [2.24, 2.45) is 5.16 Å². The molecule has 0 unspecified atom stereocenters. The number of thioether (sulfide) groups is 1. The standard InChI is InChI=1S/C18H25FN2OS/c1-17(2,3)21-10-8-18(9-11-21)12-16(20-22-18)14-4-6-15(7-5-14)23-13-19/h4-7H,8-13H2,1-3H3. The molecule has 3 nitrogen and oxygen atoms in total. The van der Waals surface area contributed by atoms with Crippen molar-refractivity contribution in [1.29, 1.82) is 0 Å². The largest absolute Gasteiger partial charge is 0.388 e. The van der Waals surface area contributed by atoms with Crippen molar-refractivity contribution >= 4 is 17.5 Å². The summed E-state index contributed by atoms with van der Waals surface area (Å²) in [7, 11) is 0. The normalized spacial score (nSPS) is 21.3. The molecule has 1 aromatic rings. The Morgan fingerprint density at radius 2 is 1.87 bits per heavy atom. The van der Waals surface area contributed by atoms with E-state index in [-0.39, 0.29) is 11.1 Å². The van der Waals surface area contributed by atoms with E-state index in [9.17, 15) is 4.39 Å². The molecule has 0 N–H and O–H groups in total. The van der Waals surface area contributed by atoms with Gasteiger partial charge in [0.1, 0.15) is 11.6 Å². The van der Waals surface area contributed by atoms with Crippen LogP contribution in [0.15, 0.2) is 34.3 Å². The van der Waals surface area contributed by atoms with E-state index in [0.29, 0.717) is 0 Å². The van der Waals surface area contributed by atoms with Crippen LogP contribution < -0.4 is 0 Å². The molecule has 0 atom stereocenters. The molecule has 0 aliphatic carbocycles. The summed E-state index contributed by atoms with van der Waals surface area (Å²) < 4.78 is 12.3. The topological polar surface area (TPSA) is 24.8 Å². The van der Waals surface area contributed by atoms with Crippen molar-refractivity contribution in [2.45, 2.75) is 56.1 Å². The number of rotatable bonds is 3. The van der Waals surface area contributed by atoms with E-state index >= 15 is 0 Å². The Balaban J connectivity index is 1.62. The van der Waals surface area contributed by atoms with Crippen LogP contribution in [0.2, 0.25) is 0 Å². The first-order valence-electron chi connectivity index (χ1n) is 8.21. The predicted octanol–water partition coefficient (Wildman–Crippen LogP) is 4.46. The van der Waals surface area contributed by atoms with E-state index in [2.05, 4.69) is 30.8 Å². The number of benzene rings is 1. The van der Waals surface area contributed by atoms with Gasteiger partial charge in [-0.3, -0.25) is 4.90 Å². The Morgan fingerprint density at radius 3 is 2.43 bits per heavy atom. The summed E-state index contributed by atoms with van der Waals surface area (Å²) >= 11 is 1.21. The molecule has 23 heavy (non-hydrogen) atoms. The van der Waals surface area contributed by atoms with Crippen LogP contribution in [0, 0.1) is 0 Å². The van der Waals surface area contributed by atoms with Crippen molar-refractivity contribution < 1.29 is 9.23 Å². The van der Waals surface area contributed by atoms with Gasteiger partial charge in [-0.2, -0.15) is 0 Å². The van der Waals surface area contributed by atoms with E-state index in [1.165, 1.54) is 11.8 Å². The lowest BCUT2D eigenvalue weighted by Gasteiger charge is -2.43. The summed E-state index contributed by atoms with van der Waals surface area (Å²) in [4.78, 5) is 9.35. The maximum atomic E-state index is 12.3. The summed E-state index contributed by atoms with van der Waals surface area (Å²) in [5.41, 5.74) is 2.20. The highest BCUT2D eigenvalue weighted by Gasteiger charge is 2.43. The van der Waals surface area contributed by atoms with E-state index in [1.807, 2.05) is 24.3 Å². The zero-order valence-electron chi connectivity index (χ0n) is 14.1. The Kier molecular flexibility index (Phi) is 4.70. The molecule has 3 rings (SSSR count). The maximum Gasteiger partial charge on any atom is 0.145 e. The molecule has 1 aromatic carbocycles. The van der Waals surface area contributed by atoms with Crippen LogP contribution in [0.1, 0.15) is 45.6 Å². The van der Waals surface area contributed by atoms with Crippen LogP contribution in [0.3, 0.4) is 0 Å². The number of halogens is 1. The first kappa shape index (κ1) is 16.8. The SMILES string of the molecule is CC(C)(C)N1CCC2(CC1)CC(c1ccc(SCF)cc1)=NO2. The predicted molar refractivity (Wildman–Crippen MR) is 93.8 cm³/mol. The molecule has 126 valence electrons. The summed E-state index contributed by atoms with van der Waals surface area (Å²) in [6, 6.07) is 7.55. The lowest BCUT2D eigenvalue weighted by molar-refractivity contribution is -0.0745. The van der Waals surface area contributed by atoms with Gasteiger partial charge in [0.25, 0.3) is 0 Å². The van der Waals surface area contributed by atoms with Gasteiger partial charge < -0.3 is 4.84 Å². The average molecular weight is 336 g/mol. The van der Waals surface area contributed by atoms with Crippen molar-refractivity contribution in [2.75, 3.05) is 19.1 Å². The smallest absolute Gasteiger partial charge is 0.145 e. The van der Waals surface area contributed by atoms with Gasteiger partial charge in [-0.15, -0.1) is 0 Å². The lowest BCUT2D eigenvalue weighted by atomic mass is 9.84. The van der Waals surface area contributed by atoms with E-state index in [4.69, 9.17) is 4.84 Å². The zero-order valence-corrected chi connectivity index (χ0v) is 15.0. The third-order valence-electron chi connectivity index (χ3n) is 4.87. The number of likely N-dealkylation sites (tertiary alicyclic amines) is 1. The molecule has 2 aliphatic heterocycles. The summed E-state index contributed by atoms with van der Waals surface area (Å²) in [5.74, 6) is 0. The highest BCUT2D eigenvalue weighted by Crippen LogP contribution is 2.37. The van der Waals surface area contributed by atoms with Gasteiger partial charge in [0.2, 0.25) is 0 Å². The van der Waals surface area contributed by atoms with Gasteiger partial charge in [-0.1, -0.05) is 29.1 Å². The Labute approximate surface area is 142 Å². The highest BCUT2D eigenvalue weighted by atomic mass is 32.2. The summed E-state index contributed by atoms with van der Waals surface area (Å²) in [5, 5.41) is 4.36. The molecule has 0 aromatic heterocycles. The van der Waals surface area contributed by atoms with Crippen LogP contribution in [-0.4, -0.2) is 40.8 Å². The molecule has 1 saturated heterocycles. The van der Waals surface area contributed by atoms with Crippen LogP contribution in [0.5, 0.6) is 0 Å². The second-order valence-corrected chi connectivity index (χ2v) is 8.40.